The van der Waals surface area contributed by atoms with Gasteiger partial charge in [-0.25, -0.2) is 9.97 Å². The number of aromatic nitrogens is 4. The highest BCUT2D eigenvalue weighted by Gasteiger charge is 2.20. The summed E-state index contributed by atoms with van der Waals surface area (Å²) < 4.78 is 10.7. The van der Waals surface area contributed by atoms with Crippen LogP contribution in [0.3, 0.4) is 0 Å². The summed E-state index contributed by atoms with van der Waals surface area (Å²) in [5, 5.41) is 7.50. The number of hydrogen-bond acceptors (Lipinski definition) is 6. The molecule has 0 aliphatic heterocycles. The molecule has 29 heavy (non-hydrogen) atoms. The molecule has 2 N–H and O–H groups in total. The van der Waals surface area contributed by atoms with Crippen LogP contribution in [0.2, 0.25) is 0 Å². The van der Waals surface area contributed by atoms with Crippen molar-refractivity contribution in [2.24, 2.45) is 0 Å². The van der Waals surface area contributed by atoms with Crippen molar-refractivity contribution in [2.45, 2.75) is 13.3 Å². The van der Waals surface area contributed by atoms with Crippen molar-refractivity contribution >= 4 is 28.0 Å². The minimum absolute atomic E-state index is 0.229. The number of hydrogen-bond donors (Lipinski definition) is 2. The summed E-state index contributed by atoms with van der Waals surface area (Å²) in [6.07, 6.45) is 2.14. The lowest BCUT2D eigenvalue weighted by Crippen LogP contribution is -2.26. The molecule has 5 aromatic rings. The fourth-order valence-electron chi connectivity index (χ4n) is 3.34. The highest BCUT2D eigenvalue weighted by atomic mass is 16.5. The van der Waals surface area contributed by atoms with Gasteiger partial charge in [-0.3, -0.25) is 4.79 Å². The topological polar surface area (TPSA) is 110 Å². The van der Waals surface area contributed by atoms with Crippen LogP contribution >= 0.6 is 0 Å². The van der Waals surface area contributed by atoms with Gasteiger partial charge >= 0.3 is 0 Å². The molecule has 0 bridgehead atoms. The van der Waals surface area contributed by atoms with Gasteiger partial charge in [-0.1, -0.05) is 17.3 Å². The van der Waals surface area contributed by atoms with Crippen molar-refractivity contribution in [2.75, 3.05) is 6.54 Å². The predicted octanol–water partition coefficient (Wildman–Crippen LogP) is 3.64. The molecule has 8 heteroatoms. The second-order valence-corrected chi connectivity index (χ2v) is 6.69. The van der Waals surface area contributed by atoms with Gasteiger partial charge in [-0.2, -0.15) is 0 Å². The van der Waals surface area contributed by atoms with E-state index in [2.05, 4.69) is 25.4 Å². The molecular formula is C21H17N5O3. The van der Waals surface area contributed by atoms with Crippen LogP contribution < -0.4 is 5.32 Å². The molecule has 4 aromatic heterocycles. The summed E-state index contributed by atoms with van der Waals surface area (Å²) in [5.41, 5.74) is 3.77. The Morgan fingerprint density at radius 3 is 2.90 bits per heavy atom. The van der Waals surface area contributed by atoms with E-state index in [9.17, 15) is 4.79 Å². The molecule has 0 radical (unpaired) electrons. The van der Waals surface area contributed by atoms with Gasteiger partial charge in [0, 0.05) is 13.0 Å². The zero-order valence-corrected chi connectivity index (χ0v) is 15.6. The van der Waals surface area contributed by atoms with E-state index in [-0.39, 0.29) is 5.91 Å². The number of carbonyl (C=O) groups is 1. The van der Waals surface area contributed by atoms with E-state index in [0.717, 1.165) is 16.9 Å². The summed E-state index contributed by atoms with van der Waals surface area (Å²) in [4.78, 5) is 25.1. The zero-order valence-electron chi connectivity index (χ0n) is 15.6. The first-order valence-electron chi connectivity index (χ1n) is 9.22. The molecule has 0 aliphatic carbocycles. The number of imidazole rings is 1. The van der Waals surface area contributed by atoms with Gasteiger partial charge in [0.15, 0.2) is 5.76 Å². The van der Waals surface area contributed by atoms with Crippen molar-refractivity contribution < 1.29 is 13.7 Å². The van der Waals surface area contributed by atoms with E-state index in [1.165, 1.54) is 0 Å². The van der Waals surface area contributed by atoms with Crippen LogP contribution in [-0.2, 0) is 6.42 Å². The first-order chi connectivity index (χ1) is 14.2. The second-order valence-electron chi connectivity index (χ2n) is 6.69. The molecule has 0 aliphatic rings. The number of pyridine rings is 1. The maximum Gasteiger partial charge on any atom is 0.259 e. The number of rotatable bonds is 5. The van der Waals surface area contributed by atoms with Gasteiger partial charge in [0.2, 0.25) is 0 Å². The maximum absolute atomic E-state index is 12.9. The smallest absolute Gasteiger partial charge is 0.259 e. The van der Waals surface area contributed by atoms with Crippen LogP contribution in [0, 0.1) is 6.92 Å². The van der Waals surface area contributed by atoms with E-state index in [4.69, 9.17) is 8.94 Å². The number of aromatic amines is 1. The van der Waals surface area contributed by atoms with Crippen LogP contribution in [0.4, 0.5) is 0 Å². The highest BCUT2D eigenvalue weighted by Crippen LogP contribution is 2.27. The zero-order chi connectivity index (χ0) is 19.8. The lowest BCUT2D eigenvalue weighted by Gasteiger charge is -2.07. The van der Waals surface area contributed by atoms with E-state index in [1.54, 1.807) is 31.4 Å². The average molecular weight is 387 g/mol. The lowest BCUT2D eigenvalue weighted by molar-refractivity contribution is 0.0955. The highest BCUT2D eigenvalue weighted by molar-refractivity contribution is 6.06. The fraction of sp³-hybridized carbons (Fsp3) is 0.143. The summed E-state index contributed by atoms with van der Waals surface area (Å²) in [7, 11) is 0. The molecule has 4 heterocycles. The van der Waals surface area contributed by atoms with Gasteiger partial charge in [-0.05, 0) is 37.3 Å². The Morgan fingerprint density at radius 2 is 2.07 bits per heavy atom. The van der Waals surface area contributed by atoms with E-state index >= 15 is 0 Å². The standard InChI is InChI=1S/C21H17N5O3/c1-12-19-13(11-16(17-7-4-10-28-17)25-21(19)29-26-12)20(27)22-9-8-18-23-14-5-2-3-6-15(14)24-18/h2-7,10-11H,8-9H2,1H3,(H,22,27)(H,23,24). The van der Waals surface area contributed by atoms with Crippen LogP contribution in [0.25, 0.3) is 33.6 Å². The molecule has 0 saturated heterocycles. The summed E-state index contributed by atoms with van der Waals surface area (Å²) in [6, 6.07) is 13.1. The van der Waals surface area contributed by atoms with Gasteiger partial charge in [0.1, 0.15) is 11.5 Å². The van der Waals surface area contributed by atoms with E-state index in [1.807, 2.05) is 24.3 Å². The number of para-hydroxylation sites is 2. The Hall–Kier alpha value is -3.94. The average Bonchev–Trinajstić information content (AvgIpc) is 3.47. The van der Waals surface area contributed by atoms with Gasteiger partial charge < -0.3 is 19.2 Å². The summed E-state index contributed by atoms with van der Waals surface area (Å²) in [6.45, 7) is 2.22. The number of aryl methyl sites for hydroxylation is 1. The van der Waals surface area contributed by atoms with Gasteiger partial charge in [-0.15, -0.1) is 0 Å². The molecule has 0 spiro atoms. The van der Waals surface area contributed by atoms with Crippen LogP contribution in [0.5, 0.6) is 0 Å². The van der Waals surface area contributed by atoms with Crippen molar-refractivity contribution in [3.8, 4) is 11.5 Å². The minimum atomic E-state index is -0.229. The number of furan rings is 1. The monoisotopic (exact) mass is 387 g/mol. The number of nitrogens with zero attached hydrogens (tertiary/aromatic N) is 3. The number of H-pyrrole nitrogens is 1. The van der Waals surface area contributed by atoms with Crippen molar-refractivity contribution in [1.82, 2.24) is 25.4 Å². The Kier molecular flexibility index (Phi) is 4.09. The number of fused-ring (bicyclic) bond motifs is 2. The number of nitrogens with one attached hydrogen (secondary N) is 2. The second kappa shape index (κ2) is 6.90. The van der Waals surface area contributed by atoms with Crippen molar-refractivity contribution in [1.29, 1.82) is 0 Å². The maximum atomic E-state index is 12.9. The molecule has 144 valence electrons. The molecule has 1 aromatic carbocycles. The van der Waals surface area contributed by atoms with Crippen LogP contribution in [0.1, 0.15) is 21.9 Å². The Bertz CT molecular complexity index is 1280. The van der Waals surface area contributed by atoms with Crippen LogP contribution in [0.15, 0.2) is 57.7 Å². The van der Waals surface area contributed by atoms with Crippen molar-refractivity contribution in [3.05, 3.63) is 65.8 Å². The number of carbonyl (C=O) groups excluding carboxylic acids is 1. The Morgan fingerprint density at radius 1 is 1.17 bits per heavy atom. The molecule has 5 rings (SSSR count). The predicted molar refractivity (Wildman–Crippen MR) is 106 cm³/mol. The van der Waals surface area contributed by atoms with Gasteiger partial charge in [0.25, 0.3) is 11.6 Å². The SMILES string of the molecule is Cc1noc2nc(-c3ccco3)cc(C(=O)NCCc3nc4ccccc4[nH]3)c12. The van der Waals surface area contributed by atoms with Crippen molar-refractivity contribution in [3.63, 3.8) is 0 Å². The third kappa shape index (κ3) is 3.14. The fourth-order valence-corrected chi connectivity index (χ4v) is 3.34. The van der Waals surface area contributed by atoms with E-state index < -0.39 is 0 Å². The molecule has 0 unspecified atom stereocenters. The van der Waals surface area contributed by atoms with E-state index in [0.29, 0.717) is 46.8 Å². The lowest BCUT2D eigenvalue weighted by atomic mass is 10.1. The molecule has 0 fully saturated rings. The molecule has 0 saturated carbocycles. The Labute approximate surface area is 164 Å². The molecule has 8 nitrogen and oxygen atoms in total. The molecule has 0 atom stereocenters. The molecule has 1 amide bonds. The largest absolute Gasteiger partial charge is 0.463 e. The van der Waals surface area contributed by atoms with Gasteiger partial charge in [0.05, 0.1) is 33.9 Å². The molecular weight excluding hydrogens is 370 g/mol. The normalized spacial score (nSPS) is 11.3. The quantitative estimate of drug-likeness (QED) is 0.476. The minimum Gasteiger partial charge on any atom is -0.463 e. The Balaban J connectivity index is 1.39. The third-order valence-electron chi connectivity index (χ3n) is 4.72. The first-order valence-corrected chi connectivity index (χ1v) is 9.22. The summed E-state index contributed by atoms with van der Waals surface area (Å²) in [5.74, 6) is 1.15. The van der Waals surface area contributed by atoms with Crippen LogP contribution in [-0.4, -0.2) is 32.6 Å². The number of amides is 1. The number of benzene rings is 1. The third-order valence-corrected chi connectivity index (χ3v) is 4.72. The first kappa shape index (κ1) is 17.2. The summed E-state index contributed by atoms with van der Waals surface area (Å²) >= 11 is 0.